The normalized spacial score (nSPS) is 16.6. The molecule has 0 aliphatic carbocycles. The van der Waals surface area contributed by atoms with Crippen LogP contribution in [-0.4, -0.2) is 55.1 Å². The molecule has 1 heterocycles. The smallest absolute Gasteiger partial charge is 0.350 e. The first kappa shape index (κ1) is 25.5. The Labute approximate surface area is 179 Å². The van der Waals surface area contributed by atoms with Crippen molar-refractivity contribution in [2.75, 3.05) is 26.3 Å². The first-order chi connectivity index (χ1) is 14.5. The molecule has 0 aromatic rings. The van der Waals surface area contributed by atoms with Crippen LogP contribution in [0.15, 0.2) is 11.8 Å². The molecule has 1 fully saturated rings. The zero-order chi connectivity index (χ0) is 22.2. The second-order valence-corrected chi connectivity index (χ2v) is 7.32. The highest BCUT2D eigenvalue weighted by molar-refractivity contribution is 5.93. The van der Waals surface area contributed by atoms with Crippen LogP contribution in [-0.2, 0) is 23.9 Å². The summed E-state index contributed by atoms with van der Waals surface area (Å²) in [7, 11) is 0. The van der Waals surface area contributed by atoms with Crippen molar-refractivity contribution in [3.63, 3.8) is 0 Å². The molecule has 8 heteroatoms. The largest absolute Gasteiger partial charge is 0.466 e. The van der Waals surface area contributed by atoms with E-state index >= 15 is 0 Å². The van der Waals surface area contributed by atoms with Crippen LogP contribution in [0, 0.1) is 11.3 Å². The molecule has 8 nitrogen and oxygen atoms in total. The van der Waals surface area contributed by atoms with Crippen LogP contribution in [0.2, 0.25) is 0 Å². The molecule has 1 saturated heterocycles. The van der Waals surface area contributed by atoms with Crippen LogP contribution < -0.4 is 5.32 Å². The van der Waals surface area contributed by atoms with E-state index < -0.39 is 18.0 Å². The van der Waals surface area contributed by atoms with Gasteiger partial charge in [-0.3, -0.25) is 9.59 Å². The van der Waals surface area contributed by atoms with Gasteiger partial charge >= 0.3 is 11.9 Å². The molecule has 1 N–H and O–H groups in total. The third-order valence-corrected chi connectivity index (χ3v) is 4.90. The van der Waals surface area contributed by atoms with Gasteiger partial charge in [-0.25, -0.2) is 4.79 Å². The predicted molar refractivity (Wildman–Crippen MR) is 112 cm³/mol. The monoisotopic (exact) mass is 421 g/mol. The lowest BCUT2D eigenvalue weighted by molar-refractivity contribution is -0.147. The van der Waals surface area contributed by atoms with Crippen LogP contribution in [0.5, 0.6) is 0 Å². The highest BCUT2D eigenvalue weighted by atomic mass is 16.5. The van der Waals surface area contributed by atoms with E-state index in [0.717, 1.165) is 19.3 Å². The molecule has 0 saturated carbocycles. The Morgan fingerprint density at radius 3 is 2.43 bits per heavy atom. The third-order valence-electron chi connectivity index (χ3n) is 4.90. The van der Waals surface area contributed by atoms with Gasteiger partial charge in [-0.2, -0.15) is 5.26 Å². The maximum Gasteiger partial charge on any atom is 0.350 e. The zero-order valence-electron chi connectivity index (χ0n) is 18.3. The number of rotatable bonds is 14. The van der Waals surface area contributed by atoms with Gasteiger partial charge in [0.2, 0.25) is 5.91 Å². The lowest BCUT2D eigenvalue weighted by atomic mass is 10.1. The fraction of sp³-hybridized carbons (Fsp3) is 0.727. The molecule has 30 heavy (non-hydrogen) atoms. The maximum atomic E-state index is 12.2. The van der Waals surface area contributed by atoms with Crippen molar-refractivity contribution >= 4 is 17.8 Å². The van der Waals surface area contributed by atoms with Crippen molar-refractivity contribution in [1.29, 1.82) is 5.26 Å². The Bertz CT molecular complexity index is 627. The van der Waals surface area contributed by atoms with Gasteiger partial charge in [0.25, 0.3) is 0 Å². The van der Waals surface area contributed by atoms with Crippen LogP contribution >= 0.6 is 0 Å². The Morgan fingerprint density at radius 1 is 1.13 bits per heavy atom. The van der Waals surface area contributed by atoms with Gasteiger partial charge < -0.3 is 19.7 Å². The molecule has 1 atom stereocenters. The number of piperazine rings is 1. The summed E-state index contributed by atoms with van der Waals surface area (Å²) in [6.07, 6.45) is 10.4. The van der Waals surface area contributed by atoms with E-state index in [1.807, 2.05) is 0 Å². The number of carbonyl (C=O) groups is 3. The minimum absolute atomic E-state index is 0.138. The molecule has 1 unspecified atom stereocenters. The third kappa shape index (κ3) is 9.77. The first-order valence-corrected chi connectivity index (χ1v) is 11.0. The van der Waals surface area contributed by atoms with Gasteiger partial charge in [-0.05, 0) is 13.3 Å². The van der Waals surface area contributed by atoms with E-state index in [1.165, 1.54) is 43.2 Å². The molecule has 1 aliphatic rings. The number of nitrogens with zero attached hydrogens (tertiary/aromatic N) is 2. The number of hydrogen-bond acceptors (Lipinski definition) is 7. The van der Waals surface area contributed by atoms with Crippen molar-refractivity contribution in [3.8, 4) is 6.07 Å². The highest BCUT2D eigenvalue weighted by Gasteiger charge is 2.31. The van der Waals surface area contributed by atoms with Crippen molar-refractivity contribution in [1.82, 2.24) is 10.2 Å². The summed E-state index contributed by atoms with van der Waals surface area (Å²) in [6.45, 7) is 5.07. The average molecular weight is 422 g/mol. The molecular weight excluding hydrogens is 386 g/mol. The number of nitriles is 1. The van der Waals surface area contributed by atoms with Crippen LogP contribution in [0.25, 0.3) is 0 Å². The standard InChI is InChI=1S/C22H35N3O5/c1-3-5-6-7-8-9-10-11-14-30-20(26)15-19-21(27)24-12-13-25(19)17-18(16-23)22(28)29-4-2/h17,19H,3-15H2,1-2H3,(H,24,27)/b18-17+. The number of hydrogen-bond donors (Lipinski definition) is 1. The van der Waals surface area contributed by atoms with Crippen LogP contribution in [0.4, 0.5) is 0 Å². The molecule has 1 amide bonds. The number of unbranched alkanes of at least 4 members (excludes halogenated alkanes) is 7. The summed E-state index contributed by atoms with van der Waals surface area (Å²) >= 11 is 0. The van der Waals surface area contributed by atoms with E-state index in [4.69, 9.17) is 9.47 Å². The second kappa shape index (κ2) is 15.3. The van der Waals surface area contributed by atoms with E-state index in [1.54, 1.807) is 13.0 Å². The SMILES string of the molecule is CCCCCCCCCCOC(=O)CC1C(=O)NCCN1/C=C(\C#N)C(=O)OCC. The highest BCUT2D eigenvalue weighted by Crippen LogP contribution is 2.14. The van der Waals surface area contributed by atoms with E-state index in [9.17, 15) is 19.6 Å². The topological polar surface area (TPSA) is 109 Å². The van der Waals surface area contributed by atoms with Gasteiger partial charge in [-0.15, -0.1) is 0 Å². The average Bonchev–Trinajstić information content (AvgIpc) is 2.73. The van der Waals surface area contributed by atoms with Gasteiger partial charge in [0, 0.05) is 19.3 Å². The first-order valence-electron chi connectivity index (χ1n) is 11.0. The fourth-order valence-electron chi connectivity index (χ4n) is 3.24. The summed E-state index contributed by atoms with van der Waals surface area (Å²) in [5.41, 5.74) is -0.205. The van der Waals surface area contributed by atoms with Crippen molar-refractivity contribution in [2.24, 2.45) is 0 Å². The van der Waals surface area contributed by atoms with Gasteiger partial charge in [0.1, 0.15) is 12.1 Å². The molecule has 0 radical (unpaired) electrons. The number of ether oxygens (including phenoxy) is 2. The molecule has 168 valence electrons. The van der Waals surface area contributed by atoms with Gasteiger partial charge in [-0.1, -0.05) is 51.9 Å². The Balaban J connectivity index is 2.45. The number of carbonyl (C=O) groups excluding carboxylic acids is 3. The lowest BCUT2D eigenvalue weighted by Crippen LogP contribution is -2.54. The van der Waals surface area contributed by atoms with Crippen molar-refractivity contribution < 1.29 is 23.9 Å². The fourth-order valence-corrected chi connectivity index (χ4v) is 3.24. The molecular formula is C22H35N3O5. The van der Waals surface area contributed by atoms with Crippen molar-refractivity contribution in [2.45, 2.75) is 77.7 Å². The second-order valence-electron chi connectivity index (χ2n) is 7.32. The lowest BCUT2D eigenvalue weighted by Gasteiger charge is -2.33. The van der Waals surface area contributed by atoms with E-state index in [0.29, 0.717) is 19.7 Å². The Hall–Kier alpha value is -2.56. The number of nitrogens with one attached hydrogen (secondary N) is 1. The summed E-state index contributed by atoms with van der Waals surface area (Å²) in [5, 5.41) is 11.9. The number of esters is 2. The minimum Gasteiger partial charge on any atom is -0.466 e. The molecule has 0 bridgehead atoms. The molecule has 0 aromatic heterocycles. The van der Waals surface area contributed by atoms with Crippen LogP contribution in [0.3, 0.4) is 0 Å². The maximum absolute atomic E-state index is 12.2. The molecule has 1 aliphatic heterocycles. The summed E-state index contributed by atoms with van der Waals surface area (Å²) in [6, 6.07) is 0.972. The van der Waals surface area contributed by atoms with Crippen LogP contribution in [0.1, 0.15) is 71.6 Å². The zero-order valence-corrected chi connectivity index (χ0v) is 18.3. The summed E-state index contributed by atoms with van der Waals surface area (Å²) in [5.74, 6) is -1.54. The van der Waals surface area contributed by atoms with Gasteiger partial charge in [0.15, 0.2) is 5.57 Å². The predicted octanol–water partition coefficient (Wildman–Crippen LogP) is 2.83. The van der Waals surface area contributed by atoms with Gasteiger partial charge in [0.05, 0.1) is 19.6 Å². The van der Waals surface area contributed by atoms with E-state index in [-0.39, 0.29) is 24.5 Å². The molecule has 0 spiro atoms. The minimum atomic E-state index is -0.817. The molecule has 0 aromatic carbocycles. The summed E-state index contributed by atoms with van der Waals surface area (Å²) < 4.78 is 10.1. The number of amides is 1. The quantitative estimate of drug-likeness (QED) is 0.199. The molecule has 1 rings (SSSR count). The van der Waals surface area contributed by atoms with Crippen molar-refractivity contribution in [3.05, 3.63) is 11.8 Å². The Morgan fingerprint density at radius 2 is 1.80 bits per heavy atom. The Kier molecular flexibility index (Phi) is 13.0. The summed E-state index contributed by atoms with van der Waals surface area (Å²) in [4.78, 5) is 37.8. The van der Waals surface area contributed by atoms with E-state index in [2.05, 4.69) is 12.2 Å².